The summed E-state index contributed by atoms with van der Waals surface area (Å²) in [6.07, 6.45) is 11.5. The summed E-state index contributed by atoms with van der Waals surface area (Å²) in [5, 5.41) is 7.70. The summed E-state index contributed by atoms with van der Waals surface area (Å²) in [7, 11) is 0. The largest absolute Gasteiger partial charge is 0.309 e. The highest BCUT2D eigenvalue weighted by Gasteiger charge is 2.25. The van der Waals surface area contributed by atoms with Gasteiger partial charge in [0.05, 0.1) is 11.1 Å². The molecule has 17 heavy (non-hydrogen) atoms. The summed E-state index contributed by atoms with van der Waals surface area (Å²) in [4.78, 5) is 1.32. The molecular formula is C13H23N3S. The van der Waals surface area contributed by atoms with E-state index in [0.717, 1.165) is 12.5 Å². The fourth-order valence-electron chi connectivity index (χ4n) is 2.76. The van der Waals surface area contributed by atoms with Gasteiger partial charge in [-0.3, -0.25) is 0 Å². The summed E-state index contributed by atoms with van der Waals surface area (Å²) in [5.74, 6) is 0.784. The van der Waals surface area contributed by atoms with Gasteiger partial charge < -0.3 is 5.32 Å². The fourth-order valence-corrected chi connectivity index (χ4v) is 3.43. The van der Waals surface area contributed by atoms with Gasteiger partial charge >= 0.3 is 0 Å². The second kappa shape index (κ2) is 7.07. The predicted molar refractivity (Wildman–Crippen MR) is 72.1 cm³/mol. The van der Waals surface area contributed by atoms with Gasteiger partial charge in [-0.1, -0.05) is 37.1 Å². The third-order valence-corrected chi connectivity index (χ3v) is 4.42. The van der Waals surface area contributed by atoms with Gasteiger partial charge in [0.2, 0.25) is 0 Å². The Morgan fingerprint density at radius 1 is 1.35 bits per heavy atom. The average molecular weight is 253 g/mol. The normalized spacial score (nSPS) is 20.1. The van der Waals surface area contributed by atoms with Gasteiger partial charge in [-0.05, 0) is 43.3 Å². The van der Waals surface area contributed by atoms with E-state index >= 15 is 0 Å². The van der Waals surface area contributed by atoms with Crippen LogP contribution in [0.25, 0.3) is 0 Å². The van der Waals surface area contributed by atoms with Crippen molar-refractivity contribution < 1.29 is 0 Å². The van der Waals surface area contributed by atoms with Crippen molar-refractivity contribution in [2.24, 2.45) is 5.92 Å². The molecule has 0 bridgehead atoms. The van der Waals surface area contributed by atoms with Crippen molar-refractivity contribution in [3.8, 4) is 0 Å². The Morgan fingerprint density at radius 3 is 2.71 bits per heavy atom. The number of hydrogen-bond acceptors (Lipinski definition) is 4. The van der Waals surface area contributed by atoms with E-state index in [1.54, 1.807) is 11.5 Å². The van der Waals surface area contributed by atoms with Crippen LogP contribution < -0.4 is 5.32 Å². The van der Waals surface area contributed by atoms with E-state index in [9.17, 15) is 0 Å². The molecule has 1 aromatic heterocycles. The zero-order valence-corrected chi connectivity index (χ0v) is 11.5. The van der Waals surface area contributed by atoms with Crippen LogP contribution in [0, 0.1) is 5.92 Å². The highest BCUT2D eigenvalue weighted by atomic mass is 32.1. The Kier molecular flexibility index (Phi) is 5.39. The van der Waals surface area contributed by atoms with Gasteiger partial charge in [0.1, 0.15) is 0 Å². The predicted octanol–water partition coefficient (Wildman–Crippen LogP) is 3.55. The topological polar surface area (TPSA) is 37.8 Å². The van der Waals surface area contributed by atoms with Gasteiger partial charge in [0, 0.05) is 6.04 Å². The lowest BCUT2D eigenvalue weighted by atomic mass is 9.91. The molecule has 1 aliphatic rings. The lowest BCUT2D eigenvalue weighted by Gasteiger charge is -2.25. The molecule has 1 fully saturated rings. The first-order chi connectivity index (χ1) is 8.42. The molecule has 0 aliphatic heterocycles. The number of nitrogens with one attached hydrogen (secondary N) is 1. The molecule has 96 valence electrons. The molecule has 0 amide bonds. The maximum Gasteiger partial charge on any atom is 0.0669 e. The van der Waals surface area contributed by atoms with Crippen molar-refractivity contribution in [2.75, 3.05) is 6.54 Å². The highest BCUT2D eigenvalue weighted by molar-refractivity contribution is 7.05. The third kappa shape index (κ3) is 3.75. The van der Waals surface area contributed by atoms with E-state index in [1.807, 2.05) is 6.20 Å². The van der Waals surface area contributed by atoms with Crippen molar-refractivity contribution in [2.45, 2.75) is 57.9 Å². The first-order valence-corrected chi connectivity index (χ1v) is 7.69. The van der Waals surface area contributed by atoms with E-state index in [4.69, 9.17) is 0 Å². The molecule has 1 aromatic rings. The molecule has 2 rings (SSSR count). The van der Waals surface area contributed by atoms with E-state index < -0.39 is 0 Å². The van der Waals surface area contributed by atoms with E-state index in [-0.39, 0.29) is 0 Å². The second-order valence-electron chi connectivity index (χ2n) is 5.00. The molecule has 1 N–H and O–H groups in total. The number of aromatic nitrogens is 2. The zero-order valence-electron chi connectivity index (χ0n) is 10.7. The minimum atomic E-state index is 0.494. The van der Waals surface area contributed by atoms with Gasteiger partial charge in [-0.15, -0.1) is 5.10 Å². The van der Waals surface area contributed by atoms with Crippen LogP contribution in [0.1, 0.15) is 62.8 Å². The zero-order chi connectivity index (χ0) is 11.9. The first-order valence-electron chi connectivity index (χ1n) is 6.92. The molecule has 0 saturated heterocycles. The van der Waals surface area contributed by atoms with Crippen LogP contribution in [0.3, 0.4) is 0 Å². The Balaban J connectivity index is 2.02. The van der Waals surface area contributed by atoms with Gasteiger partial charge in [0.15, 0.2) is 0 Å². The standard InChI is InChI=1S/C13H23N3S/c1-2-9-14-13(12-10-15-16-17-12)11-7-5-3-4-6-8-11/h10-11,13-14H,2-9H2,1H3. The van der Waals surface area contributed by atoms with Crippen LogP contribution in [-0.4, -0.2) is 16.1 Å². The van der Waals surface area contributed by atoms with Crippen LogP contribution in [0.5, 0.6) is 0 Å². The van der Waals surface area contributed by atoms with Crippen molar-refractivity contribution >= 4 is 11.5 Å². The fraction of sp³-hybridized carbons (Fsp3) is 0.846. The van der Waals surface area contributed by atoms with E-state index in [0.29, 0.717) is 6.04 Å². The summed E-state index contributed by atoms with van der Waals surface area (Å²) < 4.78 is 4.02. The minimum absolute atomic E-state index is 0.494. The van der Waals surface area contributed by atoms with Crippen molar-refractivity contribution in [1.82, 2.24) is 14.9 Å². The molecule has 4 heteroatoms. The Bertz CT molecular complexity index is 292. The molecule has 1 atom stereocenters. The Morgan fingerprint density at radius 2 is 2.12 bits per heavy atom. The van der Waals surface area contributed by atoms with Crippen LogP contribution >= 0.6 is 11.5 Å². The lowest BCUT2D eigenvalue weighted by molar-refractivity contribution is 0.329. The van der Waals surface area contributed by atoms with E-state index in [1.165, 1.54) is 49.8 Å². The second-order valence-corrected chi connectivity index (χ2v) is 5.82. The van der Waals surface area contributed by atoms with Crippen molar-refractivity contribution in [3.05, 3.63) is 11.1 Å². The molecule has 3 nitrogen and oxygen atoms in total. The third-order valence-electron chi connectivity index (χ3n) is 3.67. The van der Waals surface area contributed by atoms with Crippen molar-refractivity contribution in [1.29, 1.82) is 0 Å². The quantitative estimate of drug-likeness (QED) is 0.815. The Hall–Kier alpha value is -0.480. The van der Waals surface area contributed by atoms with Crippen LogP contribution in [0.2, 0.25) is 0 Å². The SMILES string of the molecule is CCCNC(c1cnns1)C1CCCCCC1. The first kappa shape index (κ1) is 13.0. The maximum atomic E-state index is 4.02. The number of rotatable bonds is 5. The van der Waals surface area contributed by atoms with Gasteiger partial charge in [-0.2, -0.15) is 0 Å². The summed E-state index contributed by atoms with van der Waals surface area (Å²) in [6, 6.07) is 0.494. The van der Waals surface area contributed by atoms with Gasteiger partial charge in [0.25, 0.3) is 0 Å². The molecule has 1 heterocycles. The van der Waals surface area contributed by atoms with E-state index in [2.05, 4.69) is 21.8 Å². The van der Waals surface area contributed by atoms with Crippen molar-refractivity contribution in [3.63, 3.8) is 0 Å². The maximum absolute atomic E-state index is 4.02. The molecule has 0 radical (unpaired) electrons. The van der Waals surface area contributed by atoms with Crippen LogP contribution in [0.4, 0.5) is 0 Å². The smallest absolute Gasteiger partial charge is 0.0669 e. The lowest BCUT2D eigenvalue weighted by Crippen LogP contribution is -2.28. The van der Waals surface area contributed by atoms with Crippen LogP contribution in [0.15, 0.2) is 6.20 Å². The summed E-state index contributed by atoms with van der Waals surface area (Å²) in [5.41, 5.74) is 0. The minimum Gasteiger partial charge on any atom is -0.309 e. The van der Waals surface area contributed by atoms with Crippen LogP contribution in [-0.2, 0) is 0 Å². The molecule has 1 unspecified atom stereocenters. The summed E-state index contributed by atoms with van der Waals surface area (Å²) >= 11 is 1.56. The summed E-state index contributed by atoms with van der Waals surface area (Å²) in [6.45, 7) is 3.32. The average Bonchev–Trinajstić information content (AvgIpc) is 2.73. The van der Waals surface area contributed by atoms with Gasteiger partial charge in [-0.25, -0.2) is 0 Å². The molecule has 0 aromatic carbocycles. The monoisotopic (exact) mass is 253 g/mol. The number of hydrogen-bond donors (Lipinski definition) is 1. The molecule has 0 spiro atoms. The molecular weight excluding hydrogens is 230 g/mol. The number of nitrogens with zero attached hydrogens (tertiary/aromatic N) is 2. The Labute approximate surface area is 108 Å². The molecule has 1 aliphatic carbocycles. The molecule has 1 saturated carbocycles. The highest BCUT2D eigenvalue weighted by Crippen LogP contribution is 2.34.